The fraction of sp³-hybridized carbons (Fsp3) is 1.00. The Labute approximate surface area is 125 Å². The van der Waals surface area contributed by atoms with E-state index in [1.165, 1.54) is 0 Å². The van der Waals surface area contributed by atoms with Gasteiger partial charge in [0.1, 0.15) is 0 Å². The van der Waals surface area contributed by atoms with Gasteiger partial charge >= 0.3 is 41.9 Å². The maximum Gasteiger partial charge on any atom is 0.460 e. The molecule has 1 unspecified atom stereocenters. The summed E-state index contributed by atoms with van der Waals surface area (Å²) >= 11 is 0. The Balaban J connectivity index is 6.32. The molecule has 152 valence electrons. The molecule has 0 aromatic heterocycles. The molecule has 25 heavy (non-hydrogen) atoms. The molecule has 0 bridgehead atoms. The lowest BCUT2D eigenvalue weighted by atomic mass is 9.92. The first-order valence-electron chi connectivity index (χ1n) is 5.10. The summed E-state index contributed by atoms with van der Waals surface area (Å²) in [4.78, 5) is 0. The summed E-state index contributed by atoms with van der Waals surface area (Å²) in [5.74, 6) is -39.7. The Morgan fingerprint density at radius 2 is 0.800 bits per heavy atom. The van der Waals surface area contributed by atoms with Gasteiger partial charge in [0.05, 0.1) is 0 Å². The van der Waals surface area contributed by atoms with Crippen molar-refractivity contribution in [3.63, 3.8) is 0 Å². The van der Waals surface area contributed by atoms with Crippen LogP contribution < -0.4 is 0 Å². The van der Waals surface area contributed by atoms with Crippen molar-refractivity contribution in [3.8, 4) is 0 Å². The number of aliphatic hydroxyl groups is 1. The van der Waals surface area contributed by atoms with Crippen LogP contribution in [0.5, 0.6) is 0 Å². The molecule has 0 aromatic carbocycles. The zero-order valence-corrected chi connectivity index (χ0v) is 10.6. The van der Waals surface area contributed by atoms with Gasteiger partial charge in [-0.3, -0.25) is 0 Å². The molecular formula is C8H2F16O. The number of rotatable bonds is 6. The molecule has 1 atom stereocenters. The van der Waals surface area contributed by atoms with E-state index in [-0.39, 0.29) is 0 Å². The Hall–Kier alpha value is -1.16. The van der Waals surface area contributed by atoms with Gasteiger partial charge in [0.15, 0.2) is 0 Å². The van der Waals surface area contributed by atoms with Crippen molar-refractivity contribution in [3.05, 3.63) is 0 Å². The van der Waals surface area contributed by atoms with Crippen molar-refractivity contribution in [1.82, 2.24) is 0 Å². The Morgan fingerprint density at radius 3 is 1.04 bits per heavy atom. The predicted molar refractivity (Wildman–Crippen MR) is 42.9 cm³/mol. The average molecular weight is 418 g/mol. The topological polar surface area (TPSA) is 20.2 Å². The van der Waals surface area contributed by atoms with Gasteiger partial charge in [-0.1, -0.05) is 0 Å². The molecule has 17 heteroatoms. The van der Waals surface area contributed by atoms with E-state index in [9.17, 15) is 70.2 Å². The summed E-state index contributed by atoms with van der Waals surface area (Å²) < 4.78 is 197. The third kappa shape index (κ3) is 3.18. The second kappa shape index (κ2) is 5.67. The summed E-state index contributed by atoms with van der Waals surface area (Å²) in [7, 11) is 0. The Kier molecular flexibility index (Phi) is 5.41. The standard InChI is InChI=1S/C8H2F16O/c9-1(3(12,13)8(23,24)25)2(10,11)4(14,15)5(16,17)6(18,19)7(20,21)22/h1,25H. The van der Waals surface area contributed by atoms with E-state index in [1.807, 2.05) is 0 Å². The van der Waals surface area contributed by atoms with Crippen molar-refractivity contribution in [2.24, 2.45) is 0 Å². The van der Waals surface area contributed by atoms with Crippen LogP contribution in [0.15, 0.2) is 0 Å². The van der Waals surface area contributed by atoms with Gasteiger partial charge in [0.2, 0.25) is 6.17 Å². The Morgan fingerprint density at radius 1 is 0.480 bits per heavy atom. The van der Waals surface area contributed by atoms with Gasteiger partial charge in [0.25, 0.3) is 0 Å². The minimum absolute atomic E-state index is 6.50. The number of hydrogen-bond donors (Lipinski definition) is 1. The first-order chi connectivity index (χ1) is 10.4. The molecule has 0 radical (unpaired) electrons. The number of hydrogen-bond acceptors (Lipinski definition) is 1. The summed E-state index contributed by atoms with van der Waals surface area (Å²) in [6, 6.07) is 0. The van der Waals surface area contributed by atoms with Crippen LogP contribution in [-0.4, -0.2) is 53.2 Å². The highest BCUT2D eigenvalue weighted by Crippen LogP contribution is 2.60. The molecule has 0 saturated heterocycles. The van der Waals surface area contributed by atoms with Crippen molar-refractivity contribution in [2.75, 3.05) is 0 Å². The van der Waals surface area contributed by atoms with Crippen LogP contribution >= 0.6 is 0 Å². The van der Waals surface area contributed by atoms with E-state index in [0.29, 0.717) is 0 Å². The molecule has 0 heterocycles. The minimum atomic E-state index is -8.26. The SMILES string of the molecule is OC(F)(F)C(F)(F)C(F)C(F)(F)C(F)(F)C(F)(F)C(F)(F)C(F)(F)F. The van der Waals surface area contributed by atoms with Crippen LogP contribution in [0.2, 0.25) is 0 Å². The summed E-state index contributed by atoms with van der Waals surface area (Å²) in [5.41, 5.74) is 0. The smallest absolute Gasteiger partial charge is 0.331 e. The van der Waals surface area contributed by atoms with Gasteiger partial charge in [0, 0.05) is 0 Å². The monoisotopic (exact) mass is 418 g/mol. The number of alkyl halides is 16. The minimum Gasteiger partial charge on any atom is -0.331 e. The van der Waals surface area contributed by atoms with E-state index >= 15 is 0 Å². The second-order valence-electron chi connectivity index (χ2n) is 4.37. The van der Waals surface area contributed by atoms with Gasteiger partial charge in [-0.15, -0.1) is 0 Å². The highest BCUT2D eigenvalue weighted by molar-refractivity contribution is 5.10. The first-order valence-corrected chi connectivity index (χ1v) is 5.10. The first kappa shape index (κ1) is 23.8. The molecule has 0 fully saturated rings. The molecule has 0 aliphatic carbocycles. The highest BCUT2D eigenvalue weighted by Gasteiger charge is 2.90. The average Bonchev–Trinajstić information content (AvgIpc) is 2.34. The fourth-order valence-corrected chi connectivity index (χ4v) is 1.12. The lowest BCUT2D eigenvalue weighted by Gasteiger charge is -2.39. The molecule has 1 N–H and O–H groups in total. The van der Waals surface area contributed by atoms with E-state index < -0.39 is 48.1 Å². The molecule has 0 spiro atoms. The van der Waals surface area contributed by atoms with Crippen molar-refractivity contribution in [1.29, 1.82) is 0 Å². The molecule has 1 nitrogen and oxygen atoms in total. The van der Waals surface area contributed by atoms with Crippen molar-refractivity contribution in [2.45, 2.75) is 48.1 Å². The quantitative estimate of drug-likeness (QED) is 0.623. The summed E-state index contributed by atoms with van der Waals surface area (Å²) in [6.07, 6.45) is -21.0. The maximum absolute atomic E-state index is 12.8. The molecule has 0 aliphatic heterocycles. The number of halogens is 16. The highest BCUT2D eigenvalue weighted by atomic mass is 19.4. The van der Waals surface area contributed by atoms with Crippen LogP contribution in [0.25, 0.3) is 0 Å². The largest absolute Gasteiger partial charge is 0.460 e. The third-order valence-electron chi connectivity index (χ3n) is 2.60. The third-order valence-corrected chi connectivity index (χ3v) is 2.60. The molecule has 0 amide bonds. The predicted octanol–water partition coefficient (Wildman–Crippen LogP) is 4.65. The summed E-state index contributed by atoms with van der Waals surface area (Å²) in [6.45, 7) is 0. The molecule has 0 rings (SSSR count). The van der Waals surface area contributed by atoms with Crippen LogP contribution in [0, 0.1) is 0 Å². The Bertz CT molecular complexity index is 483. The van der Waals surface area contributed by atoms with Gasteiger partial charge < -0.3 is 5.11 Å². The van der Waals surface area contributed by atoms with E-state index in [1.54, 1.807) is 0 Å². The summed E-state index contributed by atoms with van der Waals surface area (Å²) in [5, 5.41) is 7.42. The molecule has 0 saturated carbocycles. The van der Waals surface area contributed by atoms with Crippen LogP contribution in [-0.2, 0) is 0 Å². The fourth-order valence-electron chi connectivity index (χ4n) is 1.12. The van der Waals surface area contributed by atoms with Gasteiger partial charge in [-0.05, 0) is 0 Å². The van der Waals surface area contributed by atoms with Gasteiger partial charge in [-0.2, -0.15) is 65.9 Å². The van der Waals surface area contributed by atoms with Crippen LogP contribution in [0.4, 0.5) is 70.2 Å². The molecule has 0 aromatic rings. The molecule has 0 aliphatic rings. The van der Waals surface area contributed by atoms with Crippen LogP contribution in [0.3, 0.4) is 0 Å². The second-order valence-corrected chi connectivity index (χ2v) is 4.37. The zero-order valence-electron chi connectivity index (χ0n) is 10.6. The van der Waals surface area contributed by atoms with E-state index in [2.05, 4.69) is 0 Å². The van der Waals surface area contributed by atoms with Gasteiger partial charge in [-0.25, -0.2) is 4.39 Å². The van der Waals surface area contributed by atoms with E-state index in [0.717, 1.165) is 0 Å². The van der Waals surface area contributed by atoms with Crippen LogP contribution in [0.1, 0.15) is 0 Å². The molecular weight excluding hydrogens is 416 g/mol. The lowest BCUT2D eigenvalue weighted by Crippen LogP contribution is -2.71. The maximum atomic E-state index is 12.8. The lowest BCUT2D eigenvalue weighted by molar-refractivity contribution is -0.440. The van der Waals surface area contributed by atoms with E-state index in [4.69, 9.17) is 5.11 Å². The normalized spacial score (nSPS) is 17.6. The van der Waals surface area contributed by atoms with Crippen molar-refractivity contribution < 1.29 is 75.4 Å². The van der Waals surface area contributed by atoms with Crippen molar-refractivity contribution >= 4 is 0 Å². The zero-order chi connectivity index (χ0) is 21.1.